The fourth-order valence-electron chi connectivity index (χ4n) is 2.95. The third-order valence-electron chi connectivity index (χ3n) is 4.31. The Hall–Kier alpha value is -3.72. The summed E-state index contributed by atoms with van der Waals surface area (Å²) >= 11 is 0. The molecule has 0 bridgehead atoms. The van der Waals surface area contributed by atoms with Gasteiger partial charge < -0.3 is 20.1 Å². The molecule has 0 atom stereocenters. The minimum Gasteiger partial charge on any atom is -0.504 e. The smallest absolute Gasteiger partial charge is 0.261 e. The maximum atomic E-state index is 12.4. The van der Waals surface area contributed by atoms with Gasteiger partial charge in [-0.3, -0.25) is 4.79 Å². The first-order chi connectivity index (χ1) is 13.6. The van der Waals surface area contributed by atoms with Crippen LogP contribution in [0.2, 0.25) is 0 Å². The van der Waals surface area contributed by atoms with Crippen LogP contribution < -0.4 is 10.1 Å². The van der Waals surface area contributed by atoms with Gasteiger partial charge in [-0.25, -0.2) is 0 Å². The second-order valence-corrected chi connectivity index (χ2v) is 6.20. The van der Waals surface area contributed by atoms with Crippen LogP contribution in [0, 0.1) is 11.3 Å². The van der Waals surface area contributed by atoms with Crippen LogP contribution in [0.15, 0.2) is 54.2 Å². The molecule has 3 N–H and O–H groups in total. The Morgan fingerprint density at radius 1 is 1.32 bits per heavy atom. The number of nitriles is 1. The van der Waals surface area contributed by atoms with Gasteiger partial charge in [0.1, 0.15) is 11.6 Å². The number of aromatic amines is 1. The first-order valence-corrected chi connectivity index (χ1v) is 9.03. The first-order valence-electron chi connectivity index (χ1n) is 9.03. The number of aromatic hydroxyl groups is 1. The normalized spacial score (nSPS) is 11.2. The van der Waals surface area contributed by atoms with E-state index in [0.717, 1.165) is 16.5 Å². The van der Waals surface area contributed by atoms with Crippen LogP contribution in [-0.2, 0) is 11.2 Å². The number of hydrogen-bond donors (Lipinski definition) is 3. The van der Waals surface area contributed by atoms with Crippen molar-refractivity contribution in [1.29, 1.82) is 5.26 Å². The summed E-state index contributed by atoms with van der Waals surface area (Å²) in [5.41, 5.74) is 2.76. The highest BCUT2D eigenvalue weighted by atomic mass is 16.5. The number of phenolic OH excluding ortho intramolecular Hbond substituents is 1. The number of aromatic nitrogens is 1. The average Bonchev–Trinajstić information content (AvgIpc) is 3.12. The van der Waals surface area contributed by atoms with Crippen LogP contribution in [0.4, 0.5) is 0 Å². The van der Waals surface area contributed by atoms with Gasteiger partial charge >= 0.3 is 0 Å². The molecule has 0 fully saturated rings. The van der Waals surface area contributed by atoms with Crippen LogP contribution in [0.3, 0.4) is 0 Å². The highest BCUT2D eigenvalue weighted by Gasteiger charge is 2.11. The maximum absolute atomic E-state index is 12.4. The summed E-state index contributed by atoms with van der Waals surface area (Å²) in [7, 11) is 0. The number of nitrogens with one attached hydrogen (secondary N) is 2. The molecule has 28 heavy (non-hydrogen) atoms. The molecule has 3 aromatic rings. The van der Waals surface area contributed by atoms with E-state index in [-0.39, 0.29) is 11.3 Å². The Kier molecular flexibility index (Phi) is 5.97. The van der Waals surface area contributed by atoms with Gasteiger partial charge in [0.25, 0.3) is 5.91 Å². The van der Waals surface area contributed by atoms with Gasteiger partial charge in [-0.1, -0.05) is 24.3 Å². The summed E-state index contributed by atoms with van der Waals surface area (Å²) in [4.78, 5) is 15.6. The second kappa shape index (κ2) is 8.78. The van der Waals surface area contributed by atoms with Crippen molar-refractivity contribution >= 4 is 22.9 Å². The van der Waals surface area contributed by atoms with E-state index < -0.39 is 5.91 Å². The summed E-state index contributed by atoms with van der Waals surface area (Å²) in [5, 5.41) is 23.0. The maximum Gasteiger partial charge on any atom is 0.261 e. The van der Waals surface area contributed by atoms with Crippen LogP contribution in [0.25, 0.3) is 17.0 Å². The molecular formula is C22H21N3O3. The van der Waals surface area contributed by atoms with Crippen molar-refractivity contribution in [2.45, 2.75) is 13.3 Å². The van der Waals surface area contributed by atoms with Crippen LogP contribution in [0.1, 0.15) is 18.1 Å². The van der Waals surface area contributed by atoms with E-state index in [1.54, 1.807) is 12.1 Å². The van der Waals surface area contributed by atoms with Crippen molar-refractivity contribution in [1.82, 2.24) is 10.3 Å². The number of ether oxygens (including phenoxy) is 1. The molecule has 0 aliphatic carbocycles. The van der Waals surface area contributed by atoms with Crippen molar-refractivity contribution < 1.29 is 14.6 Å². The van der Waals surface area contributed by atoms with E-state index >= 15 is 0 Å². The van der Waals surface area contributed by atoms with Gasteiger partial charge in [0.15, 0.2) is 11.5 Å². The van der Waals surface area contributed by atoms with E-state index in [1.807, 2.05) is 43.5 Å². The molecule has 1 amide bonds. The molecule has 3 rings (SSSR count). The molecule has 0 aliphatic heterocycles. The predicted octanol–water partition coefficient (Wildman–Crippen LogP) is 3.54. The summed E-state index contributed by atoms with van der Waals surface area (Å²) in [6, 6.07) is 14.6. The molecule has 0 radical (unpaired) electrons. The Bertz CT molecular complexity index is 1060. The third kappa shape index (κ3) is 4.33. The lowest BCUT2D eigenvalue weighted by Crippen LogP contribution is -2.26. The number of nitrogens with zero attached hydrogens (tertiary/aromatic N) is 1. The number of amides is 1. The third-order valence-corrected chi connectivity index (χ3v) is 4.31. The van der Waals surface area contributed by atoms with E-state index in [2.05, 4.69) is 10.3 Å². The molecule has 6 heteroatoms. The van der Waals surface area contributed by atoms with Gasteiger partial charge in [-0.15, -0.1) is 0 Å². The number of rotatable bonds is 7. The number of carbonyl (C=O) groups excluding carboxylic acids is 1. The van der Waals surface area contributed by atoms with Gasteiger partial charge in [0.2, 0.25) is 0 Å². The summed E-state index contributed by atoms with van der Waals surface area (Å²) in [6.07, 6.45) is 4.06. The molecule has 142 valence electrons. The van der Waals surface area contributed by atoms with E-state index in [4.69, 9.17) is 4.74 Å². The minimum absolute atomic E-state index is 0.00735. The molecular weight excluding hydrogens is 354 g/mol. The summed E-state index contributed by atoms with van der Waals surface area (Å²) in [6.45, 7) is 2.63. The highest BCUT2D eigenvalue weighted by Crippen LogP contribution is 2.27. The SMILES string of the molecule is CCOc1cc(/C=C(/C#N)C(=O)NCCc2c[nH]c3ccccc23)ccc1O. The predicted molar refractivity (Wildman–Crippen MR) is 108 cm³/mol. The lowest BCUT2D eigenvalue weighted by Gasteiger charge is -2.07. The van der Waals surface area contributed by atoms with E-state index in [9.17, 15) is 15.2 Å². The molecule has 0 saturated heterocycles. The van der Waals surface area contributed by atoms with E-state index in [1.165, 1.54) is 12.1 Å². The Morgan fingerprint density at radius 3 is 2.93 bits per heavy atom. The Labute approximate surface area is 163 Å². The Morgan fingerprint density at radius 2 is 2.14 bits per heavy atom. The quantitative estimate of drug-likeness (QED) is 0.434. The topological polar surface area (TPSA) is 98.1 Å². The lowest BCUT2D eigenvalue weighted by atomic mass is 10.1. The second-order valence-electron chi connectivity index (χ2n) is 6.20. The molecule has 0 aliphatic rings. The van der Waals surface area contributed by atoms with Crippen molar-refractivity contribution in [3.05, 3.63) is 65.4 Å². The number of hydrogen-bond acceptors (Lipinski definition) is 4. The van der Waals surface area contributed by atoms with Gasteiger partial charge in [-0.2, -0.15) is 5.26 Å². The fourth-order valence-corrected chi connectivity index (χ4v) is 2.95. The number of H-pyrrole nitrogens is 1. The Balaban J connectivity index is 1.66. The standard InChI is InChI=1S/C22H21N3O3/c1-2-28-21-12-15(7-8-20(21)26)11-17(13-23)22(27)24-10-9-16-14-25-19-6-4-3-5-18(16)19/h3-8,11-12,14,25-26H,2,9-10H2,1H3,(H,24,27)/b17-11-. The largest absolute Gasteiger partial charge is 0.504 e. The minimum atomic E-state index is -0.437. The van der Waals surface area contributed by atoms with Gasteiger partial charge in [0.05, 0.1) is 6.61 Å². The zero-order chi connectivity index (χ0) is 19.9. The van der Waals surface area contributed by atoms with Crippen molar-refractivity contribution in [2.75, 3.05) is 13.2 Å². The average molecular weight is 375 g/mol. The van der Waals surface area contributed by atoms with Crippen molar-refractivity contribution in [2.24, 2.45) is 0 Å². The van der Waals surface area contributed by atoms with Crippen LogP contribution in [-0.4, -0.2) is 29.1 Å². The van der Waals surface area contributed by atoms with Gasteiger partial charge in [0, 0.05) is 23.6 Å². The monoisotopic (exact) mass is 375 g/mol. The summed E-state index contributed by atoms with van der Waals surface area (Å²) in [5.74, 6) is -0.109. The molecule has 2 aromatic carbocycles. The number of para-hydroxylation sites is 1. The fraction of sp³-hybridized carbons (Fsp3) is 0.182. The first kappa shape index (κ1) is 19.1. The molecule has 0 saturated carbocycles. The van der Waals surface area contributed by atoms with Crippen LogP contribution >= 0.6 is 0 Å². The number of phenols is 1. The number of fused-ring (bicyclic) bond motifs is 1. The summed E-state index contributed by atoms with van der Waals surface area (Å²) < 4.78 is 5.33. The number of benzene rings is 2. The van der Waals surface area contributed by atoms with Gasteiger partial charge in [-0.05, 0) is 48.7 Å². The molecule has 0 spiro atoms. The lowest BCUT2D eigenvalue weighted by molar-refractivity contribution is -0.117. The molecule has 0 unspecified atom stereocenters. The zero-order valence-corrected chi connectivity index (χ0v) is 15.5. The van der Waals surface area contributed by atoms with Crippen LogP contribution in [0.5, 0.6) is 11.5 Å². The molecule has 1 aromatic heterocycles. The highest BCUT2D eigenvalue weighted by molar-refractivity contribution is 6.01. The zero-order valence-electron chi connectivity index (χ0n) is 15.5. The molecule has 1 heterocycles. The van der Waals surface area contributed by atoms with Crippen molar-refractivity contribution in [3.63, 3.8) is 0 Å². The van der Waals surface area contributed by atoms with Crippen molar-refractivity contribution in [3.8, 4) is 17.6 Å². The number of carbonyl (C=O) groups is 1. The molecule has 6 nitrogen and oxygen atoms in total. The van der Waals surface area contributed by atoms with E-state index in [0.29, 0.717) is 30.9 Å².